The van der Waals surface area contributed by atoms with E-state index < -0.39 is 0 Å². The number of aryl methyl sites for hydroxylation is 1. The lowest BCUT2D eigenvalue weighted by molar-refractivity contribution is 0.675. The fourth-order valence-corrected chi connectivity index (χ4v) is 2.34. The molecule has 0 saturated carbocycles. The molecule has 0 aliphatic carbocycles. The van der Waals surface area contributed by atoms with E-state index in [1.165, 1.54) is 11.3 Å². The van der Waals surface area contributed by atoms with E-state index in [1.807, 2.05) is 12.3 Å². The van der Waals surface area contributed by atoms with Gasteiger partial charge in [0.05, 0.1) is 17.6 Å². The van der Waals surface area contributed by atoms with Crippen LogP contribution in [0.1, 0.15) is 37.6 Å². The number of benzene rings is 1. The van der Waals surface area contributed by atoms with Gasteiger partial charge >= 0.3 is 0 Å². The summed E-state index contributed by atoms with van der Waals surface area (Å²) < 4.78 is 0. The molecule has 0 aliphatic heterocycles. The van der Waals surface area contributed by atoms with Crippen molar-refractivity contribution in [2.75, 3.05) is 11.4 Å². The number of nitrogens with two attached hydrogens (primary N) is 1. The van der Waals surface area contributed by atoms with Crippen molar-refractivity contribution in [3.8, 4) is 0 Å². The predicted octanol–water partition coefficient (Wildman–Crippen LogP) is 3.96. The maximum atomic E-state index is 6.01. The lowest BCUT2D eigenvalue weighted by Gasteiger charge is -2.25. The molecule has 0 fully saturated rings. The van der Waals surface area contributed by atoms with Gasteiger partial charge in [-0.25, -0.2) is 0 Å². The van der Waals surface area contributed by atoms with Gasteiger partial charge in [-0.2, -0.15) is 0 Å². The topological polar surface area (TPSA) is 42.1 Å². The third-order valence-corrected chi connectivity index (χ3v) is 3.62. The summed E-state index contributed by atoms with van der Waals surface area (Å²) in [6, 6.07) is 12.6. The summed E-state index contributed by atoms with van der Waals surface area (Å²) >= 11 is 0. The molecule has 0 amide bonds. The Morgan fingerprint density at radius 2 is 1.90 bits per heavy atom. The molecule has 2 rings (SSSR count). The second-order valence-electron chi connectivity index (χ2n) is 4.99. The first-order valence-electron chi connectivity index (χ1n) is 7.22. The van der Waals surface area contributed by atoms with E-state index >= 15 is 0 Å². The second-order valence-corrected chi connectivity index (χ2v) is 4.99. The van der Waals surface area contributed by atoms with Crippen molar-refractivity contribution in [2.24, 2.45) is 5.73 Å². The maximum Gasteiger partial charge on any atom is 0.0597 e. The van der Waals surface area contributed by atoms with Crippen LogP contribution in [-0.2, 0) is 0 Å². The standard InChI is InChI=1S/C17H23N3/c1-4-15(18)16-11-10-14(12-19-16)20(5-2)17-9-7-6-8-13(17)3/h6-12,15H,4-5,18H2,1-3H3. The lowest BCUT2D eigenvalue weighted by atomic mass is 10.1. The Bertz CT molecular complexity index is 548. The summed E-state index contributed by atoms with van der Waals surface area (Å²) in [6.07, 6.45) is 2.82. The molecule has 2 aromatic rings. The Balaban J connectivity index is 2.31. The molecule has 1 aromatic carbocycles. The molecule has 1 atom stereocenters. The number of anilines is 2. The molecule has 1 unspecified atom stereocenters. The minimum absolute atomic E-state index is 0.0255. The highest BCUT2D eigenvalue weighted by Crippen LogP contribution is 2.28. The minimum Gasteiger partial charge on any atom is -0.340 e. The van der Waals surface area contributed by atoms with Gasteiger partial charge in [-0.05, 0) is 44.0 Å². The van der Waals surface area contributed by atoms with Crippen LogP contribution in [0.2, 0.25) is 0 Å². The summed E-state index contributed by atoms with van der Waals surface area (Å²) in [5.74, 6) is 0. The van der Waals surface area contributed by atoms with Crippen LogP contribution in [0.25, 0.3) is 0 Å². The normalized spacial score (nSPS) is 12.2. The van der Waals surface area contributed by atoms with E-state index in [0.717, 1.165) is 24.3 Å². The highest BCUT2D eigenvalue weighted by molar-refractivity contribution is 5.65. The first-order chi connectivity index (χ1) is 9.67. The number of pyridine rings is 1. The molecule has 1 heterocycles. The highest BCUT2D eigenvalue weighted by atomic mass is 15.1. The van der Waals surface area contributed by atoms with Crippen molar-refractivity contribution >= 4 is 11.4 Å². The third-order valence-electron chi connectivity index (χ3n) is 3.62. The zero-order chi connectivity index (χ0) is 14.5. The SMILES string of the molecule is CCC(N)c1ccc(N(CC)c2ccccc2C)cn1. The summed E-state index contributed by atoms with van der Waals surface area (Å²) in [6.45, 7) is 7.27. The third kappa shape index (κ3) is 2.99. The van der Waals surface area contributed by atoms with E-state index in [4.69, 9.17) is 5.73 Å². The molecule has 0 spiro atoms. The van der Waals surface area contributed by atoms with Crippen molar-refractivity contribution in [2.45, 2.75) is 33.2 Å². The minimum atomic E-state index is 0.0255. The Morgan fingerprint density at radius 3 is 2.45 bits per heavy atom. The fraction of sp³-hybridized carbons (Fsp3) is 0.353. The van der Waals surface area contributed by atoms with Crippen LogP contribution in [0, 0.1) is 6.92 Å². The van der Waals surface area contributed by atoms with Crippen molar-refractivity contribution in [1.82, 2.24) is 4.98 Å². The van der Waals surface area contributed by atoms with Crippen LogP contribution in [0.15, 0.2) is 42.6 Å². The van der Waals surface area contributed by atoms with Crippen LogP contribution in [0.4, 0.5) is 11.4 Å². The maximum absolute atomic E-state index is 6.01. The van der Waals surface area contributed by atoms with E-state index in [1.54, 1.807) is 0 Å². The quantitative estimate of drug-likeness (QED) is 0.893. The molecule has 20 heavy (non-hydrogen) atoms. The number of nitrogens with zero attached hydrogens (tertiary/aromatic N) is 2. The zero-order valence-electron chi connectivity index (χ0n) is 12.5. The number of hydrogen-bond acceptors (Lipinski definition) is 3. The summed E-state index contributed by atoms with van der Waals surface area (Å²) in [5.41, 5.74) is 10.6. The molecule has 0 radical (unpaired) electrons. The molecular formula is C17H23N3. The number of rotatable bonds is 5. The van der Waals surface area contributed by atoms with Crippen molar-refractivity contribution < 1.29 is 0 Å². The fourth-order valence-electron chi connectivity index (χ4n) is 2.34. The van der Waals surface area contributed by atoms with Crippen molar-refractivity contribution in [1.29, 1.82) is 0 Å². The molecule has 2 N–H and O–H groups in total. The monoisotopic (exact) mass is 269 g/mol. The molecular weight excluding hydrogens is 246 g/mol. The van der Waals surface area contributed by atoms with Gasteiger partial charge in [-0.15, -0.1) is 0 Å². The largest absolute Gasteiger partial charge is 0.340 e. The molecule has 3 heteroatoms. The lowest BCUT2D eigenvalue weighted by Crippen LogP contribution is -2.18. The smallest absolute Gasteiger partial charge is 0.0597 e. The molecule has 0 saturated heterocycles. The predicted molar refractivity (Wildman–Crippen MR) is 85.3 cm³/mol. The van der Waals surface area contributed by atoms with Crippen LogP contribution in [-0.4, -0.2) is 11.5 Å². The van der Waals surface area contributed by atoms with Crippen molar-refractivity contribution in [3.63, 3.8) is 0 Å². The van der Waals surface area contributed by atoms with E-state index in [0.29, 0.717) is 0 Å². The van der Waals surface area contributed by atoms with Gasteiger partial charge in [-0.1, -0.05) is 25.1 Å². The van der Waals surface area contributed by atoms with Crippen LogP contribution in [0.3, 0.4) is 0 Å². The van der Waals surface area contributed by atoms with E-state index in [-0.39, 0.29) is 6.04 Å². The second kappa shape index (κ2) is 6.53. The first-order valence-corrected chi connectivity index (χ1v) is 7.22. The van der Waals surface area contributed by atoms with Crippen LogP contribution in [0.5, 0.6) is 0 Å². The molecule has 1 aromatic heterocycles. The van der Waals surface area contributed by atoms with Crippen LogP contribution < -0.4 is 10.6 Å². The van der Waals surface area contributed by atoms with Crippen molar-refractivity contribution in [3.05, 3.63) is 53.9 Å². The van der Waals surface area contributed by atoms with Gasteiger partial charge in [0.25, 0.3) is 0 Å². The molecule has 0 aliphatic rings. The first kappa shape index (κ1) is 14.5. The average molecular weight is 269 g/mol. The number of aromatic nitrogens is 1. The average Bonchev–Trinajstić information content (AvgIpc) is 2.50. The van der Waals surface area contributed by atoms with Gasteiger partial charge in [0, 0.05) is 18.3 Å². The van der Waals surface area contributed by atoms with Gasteiger partial charge in [0.1, 0.15) is 0 Å². The van der Waals surface area contributed by atoms with E-state index in [9.17, 15) is 0 Å². The van der Waals surface area contributed by atoms with Gasteiger partial charge in [-0.3, -0.25) is 4.98 Å². The Morgan fingerprint density at radius 1 is 1.15 bits per heavy atom. The Labute approximate surface area is 121 Å². The molecule has 3 nitrogen and oxygen atoms in total. The van der Waals surface area contributed by atoms with E-state index in [2.05, 4.69) is 61.0 Å². The highest BCUT2D eigenvalue weighted by Gasteiger charge is 2.11. The van der Waals surface area contributed by atoms with Gasteiger partial charge in [0.15, 0.2) is 0 Å². The summed E-state index contributed by atoms with van der Waals surface area (Å²) in [5, 5.41) is 0. The summed E-state index contributed by atoms with van der Waals surface area (Å²) in [7, 11) is 0. The Kier molecular flexibility index (Phi) is 4.74. The Hall–Kier alpha value is -1.87. The number of para-hydroxylation sites is 1. The number of hydrogen-bond donors (Lipinski definition) is 1. The van der Waals surface area contributed by atoms with Gasteiger partial charge in [0.2, 0.25) is 0 Å². The van der Waals surface area contributed by atoms with Gasteiger partial charge < -0.3 is 10.6 Å². The van der Waals surface area contributed by atoms with Crippen LogP contribution >= 0.6 is 0 Å². The molecule has 106 valence electrons. The zero-order valence-corrected chi connectivity index (χ0v) is 12.5. The molecule has 0 bridgehead atoms. The summed E-state index contributed by atoms with van der Waals surface area (Å²) in [4.78, 5) is 6.77.